The van der Waals surface area contributed by atoms with Crippen molar-refractivity contribution in [3.63, 3.8) is 0 Å². The summed E-state index contributed by atoms with van der Waals surface area (Å²) in [6.07, 6.45) is 1.64. The largest absolute Gasteiger partial charge is 0.507 e. The molecule has 2 heterocycles. The van der Waals surface area contributed by atoms with Crippen LogP contribution in [0.5, 0.6) is 5.75 Å². The lowest BCUT2D eigenvalue weighted by molar-refractivity contribution is 0.431. The molecule has 0 amide bonds. The molecule has 7 heteroatoms. The molecule has 0 unspecified atom stereocenters. The molecular weight excluding hydrogens is 371 g/mol. The van der Waals surface area contributed by atoms with Crippen LogP contribution < -0.4 is 0 Å². The number of aryl methyl sites for hydroxylation is 1. The van der Waals surface area contributed by atoms with Crippen LogP contribution in [0.2, 0.25) is 0 Å². The Balaban J connectivity index is 1.99. The highest BCUT2D eigenvalue weighted by Crippen LogP contribution is 2.27. The molecule has 0 radical (unpaired) electrons. The number of aromatic nitrogens is 4. The van der Waals surface area contributed by atoms with Gasteiger partial charge in [0.1, 0.15) is 17.3 Å². The highest BCUT2D eigenvalue weighted by molar-refractivity contribution is 14.1. The molecule has 0 bridgehead atoms. The number of rotatable bonds is 2. The number of benzene rings is 1. The van der Waals surface area contributed by atoms with Crippen LogP contribution in [0.1, 0.15) is 5.82 Å². The highest BCUT2D eigenvalue weighted by Gasteiger charge is 2.13. The molecule has 2 aromatic heterocycles. The molecular formula is C13H9IN4O2. The summed E-state index contributed by atoms with van der Waals surface area (Å²) in [5.74, 6) is 1.55. The first-order valence-electron chi connectivity index (χ1n) is 5.76. The van der Waals surface area contributed by atoms with Crippen molar-refractivity contribution >= 4 is 22.6 Å². The van der Waals surface area contributed by atoms with Crippen LogP contribution in [0.25, 0.3) is 23.0 Å². The Morgan fingerprint density at radius 1 is 1.20 bits per heavy atom. The van der Waals surface area contributed by atoms with Crippen LogP contribution in [-0.4, -0.2) is 25.2 Å². The van der Waals surface area contributed by atoms with Crippen molar-refractivity contribution in [3.8, 4) is 28.7 Å². The summed E-state index contributed by atoms with van der Waals surface area (Å²) in [7, 11) is 0. The molecule has 0 atom stereocenters. The summed E-state index contributed by atoms with van der Waals surface area (Å²) in [6.45, 7) is 1.79. The quantitative estimate of drug-likeness (QED) is 0.689. The zero-order chi connectivity index (χ0) is 14.1. The average Bonchev–Trinajstić information content (AvgIpc) is 2.92. The van der Waals surface area contributed by atoms with E-state index in [0.29, 0.717) is 28.8 Å². The lowest BCUT2D eigenvalue weighted by Gasteiger charge is -1.98. The molecule has 0 aliphatic carbocycles. The molecule has 0 spiro atoms. The maximum Gasteiger partial charge on any atom is 0.258 e. The molecule has 0 fully saturated rings. The lowest BCUT2D eigenvalue weighted by atomic mass is 10.2. The van der Waals surface area contributed by atoms with Crippen LogP contribution in [0, 0.1) is 10.5 Å². The van der Waals surface area contributed by atoms with Crippen LogP contribution in [-0.2, 0) is 0 Å². The second kappa shape index (κ2) is 5.16. The Labute approximate surface area is 128 Å². The van der Waals surface area contributed by atoms with Crippen LogP contribution in [0.3, 0.4) is 0 Å². The monoisotopic (exact) mass is 380 g/mol. The Morgan fingerprint density at radius 3 is 2.80 bits per heavy atom. The van der Waals surface area contributed by atoms with E-state index in [0.717, 1.165) is 3.57 Å². The SMILES string of the molecule is Cc1nccc(-c2noc(-c3ccc(I)c(O)c3)n2)n1. The summed E-state index contributed by atoms with van der Waals surface area (Å²) in [5.41, 5.74) is 1.26. The van der Waals surface area contributed by atoms with Gasteiger partial charge in [-0.25, -0.2) is 9.97 Å². The number of nitrogens with zero attached hydrogens (tertiary/aromatic N) is 4. The third-order valence-corrected chi connectivity index (χ3v) is 3.54. The van der Waals surface area contributed by atoms with Crippen molar-refractivity contribution in [1.82, 2.24) is 20.1 Å². The van der Waals surface area contributed by atoms with Gasteiger partial charge in [-0.2, -0.15) is 4.98 Å². The van der Waals surface area contributed by atoms with Gasteiger partial charge in [-0.15, -0.1) is 0 Å². The van der Waals surface area contributed by atoms with E-state index < -0.39 is 0 Å². The van der Waals surface area contributed by atoms with Crippen molar-refractivity contribution < 1.29 is 9.63 Å². The molecule has 3 rings (SSSR count). The Kier molecular flexibility index (Phi) is 3.35. The third-order valence-electron chi connectivity index (χ3n) is 2.62. The van der Waals surface area contributed by atoms with E-state index in [-0.39, 0.29) is 5.75 Å². The van der Waals surface area contributed by atoms with Gasteiger partial charge in [-0.3, -0.25) is 0 Å². The van der Waals surface area contributed by atoms with E-state index in [1.54, 1.807) is 31.3 Å². The summed E-state index contributed by atoms with van der Waals surface area (Å²) in [6, 6.07) is 6.89. The van der Waals surface area contributed by atoms with Crippen molar-refractivity contribution in [2.75, 3.05) is 0 Å². The van der Waals surface area contributed by atoms with Crippen molar-refractivity contribution in [2.24, 2.45) is 0 Å². The number of phenolic OH excluding ortho intramolecular Hbond substituents is 1. The number of hydrogen-bond acceptors (Lipinski definition) is 6. The van der Waals surface area contributed by atoms with Gasteiger partial charge >= 0.3 is 0 Å². The normalized spacial score (nSPS) is 10.7. The Bertz CT molecular complexity index is 773. The average molecular weight is 380 g/mol. The summed E-state index contributed by atoms with van der Waals surface area (Å²) >= 11 is 2.04. The van der Waals surface area contributed by atoms with E-state index in [2.05, 4.69) is 20.1 Å². The molecule has 0 saturated heterocycles. The molecule has 0 aliphatic heterocycles. The fourth-order valence-electron chi connectivity index (χ4n) is 1.67. The molecule has 0 saturated carbocycles. The fraction of sp³-hybridized carbons (Fsp3) is 0.0769. The van der Waals surface area contributed by atoms with Gasteiger partial charge in [0, 0.05) is 11.8 Å². The molecule has 100 valence electrons. The number of phenols is 1. The summed E-state index contributed by atoms with van der Waals surface area (Å²) < 4.78 is 5.97. The van der Waals surface area contributed by atoms with Gasteiger partial charge in [-0.1, -0.05) is 5.16 Å². The first-order chi connectivity index (χ1) is 9.63. The van der Waals surface area contributed by atoms with Gasteiger partial charge in [0.15, 0.2) is 0 Å². The van der Waals surface area contributed by atoms with Gasteiger partial charge in [0.25, 0.3) is 5.89 Å². The highest BCUT2D eigenvalue weighted by atomic mass is 127. The van der Waals surface area contributed by atoms with Crippen molar-refractivity contribution in [2.45, 2.75) is 6.92 Å². The predicted octanol–water partition coefficient (Wildman–Crippen LogP) is 2.81. The van der Waals surface area contributed by atoms with E-state index >= 15 is 0 Å². The van der Waals surface area contributed by atoms with Crippen molar-refractivity contribution in [1.29, 1.82) is 0 Å². The molecule has 20 heavy (non-hydrogen) atoms. The Morgan fingerprint density at radius 2 is 2.05 bits per heavy atom. The van der Waals surface area contributed by atoms with Crippen molar-refractivity contribution in [3.05, 3.63) is 39.9 Å². The fourth-order valence-corrected chi connectivity index (χ4v) is 2.01. The predicted molar refractivity (Wildman–Crippen MR) is 79.9 cm³/mol. The molecule has 6 nitrogen and oxygen atoms in total. The minimum Gasteiger partial charge on any atom is -0.507 e. The van der Waals surface area contributed by atoms with Crippen LogP contribution in [0.15, 0.2) is 35.0 Å². The number of hydrogen-bond donors (Lipinski definition) is 1. The van der Waals surface area contributed by atoms with E-state index in [9.17, 15) is 5.11 Å². The number of halogens is 1. The third kappa shape index (κ3) is 2.48. The second-order valence-corrected chi connectivity index (χ2v) is 5.24. The topological polar surface area (TPSA) is 84.9 Å². The van der Waals surface area contributed by atoms with Gasteiger partial charge in [0.05, 0.1) is 3.57 Å². The smallest absolute Gasteiger partial charge is 0.258 e. The van der Waals surface area contributed by atoms with E-state index in [1.165, 1.54) is 0 Å². The molecule has 1 aromatic carbocycles. The maximum atomic E-state index is 9.70. The molecule has 0 aliphatic rings. The zero-order valence-corrected chi connectivity index (χ0v) is 12.6. The maximum absolute atomic E-state index is 9.70. The minimum absolute atomic E-state index is 0.181. The minimum atomic E-state index is 0.181. The van der Waals surface area contributed by atoms with Gasteiger partial charge in [0.2, 0.25) is 5.82 Å². The molecule has 1 N–H and O–H groups in total. The van der Waals surface area contributed by atoms with Crippen LogP contribution >= 0.6 is 22.6 Å². The summed E-state index contributed by atoms with van der Waals surface area (Å²) in [4.78, 5) is 12.5. The van der Waals surface area contributed by atoms with E-state index in [4.69, 9.17) is 4.52 Å². The van der Waals surface area contributed by atoms with Gasteiger partial charge < -0.3 is 9.63 Å². The summed E-state index contributed by atoms with van der Waals surface area (Å²) in [5, 5.41) is 13.6. The van der Waals surface area contributed by atoms with Crippen LogP contribution in [0.4, 0.5) is 0 Å². The van der Waals surface area contributed by atoms with E-state index in [1.807, 2.05) is 28.7 Å². The molecule has 3 aromatic rings. The van der Waals surface area contributed by atoms with Gasteiger partial charge in [-0.05, 0) is 53.8 Å². The second-order valence-electron chi connectivity index (χ2n) is 4.08. The standard InChI is InChI=1S/C13H9IN4O2/c1-7-15-5-4-10(16-7)12-17-13(20-18-12)8-2-3-9(14)11(19)6-8/h2-6,19H,1H3. The number of aromatic hydroxyl groups is 1. The zero-order valence-electron chi connectivity index (χ0n) is 10.4. The first kappa shape index (κ1) is 13.0. The first-order valence-corrected chi connectivity index (χ1v) is 6.84. The Hall–Kier alpha value is -2.03. The lowest BCUT2D eigenvalue weighted by Crippen LogP contribution is -1.91.